The van der Waals surface area contributed by atoms with E-state index in [1.54, 1.807) is 6.08 Å². The van der Waals surface area contributed by atoms with Crippen molar-refractivity contribution >= 4 is 5.91 Å². The van der Waals surface area contributed by atoms with Gasteiger partial charge in [-0.3, -0.25) is 4.79 Å². The molecule has 1 atom stereocenters. The molecular formula is C19H25NO2. The Bertz CT molecular complexity index is 487. The van der Waals surface area contributed by atoms with E-state index in [0.29, 0.717) is 12.5 Å². The fourth-order valence-electron chi connectivity index (χ4n) is 2.43. The van der Waals surface area contributed by atoms with Crippen LogP contribution in [0.3, 0.4) is 0 Å². The number of amides is 1. The maximum atomic E-state index is 11.6. The van der Waals surface area contributed by atoms with E-state index in [1.807, 2.05) is 18.2 Å². The number of nitrogens with one attached hydrogen (secondary N) is 1. The Labute approximate surface area is 133 Å². The molecule has 1 aromatic carbocycles. The molecule has 1 amide bonds. The molecule has 1 fully saturated rings. The highest BCUT2D eigenvalue weighted by Crippen LogP contribution is 2.10. The summed E-state index contributed by atoms with van der Waals surface area (Å²) in [6.07, 6.45) is 11.7. The minimum absolute atomic E-state index is 0.0270. The van der Waals surface area contributed by atoms with Crippen molar-refractivity contribution in [3.05, 3.63) is 60.2 Å². The maximum absolute atomic E-state index is 11.6. The van der Waals surface area contributed by atoms with E-state index in [4.69, 9.17) is 4.74 Å². The molecule has 3 nitrogen and oxygen atoms in total. The van der Waals surface area contributed by atoms with Gasteiger partial charge in [0.25, 0.3) is 0 Å². The first kappa shape index (κ1) is 16.5. The molecule has 1 unspecified atom stereocenters. The lowest BCUT2D eigenvalue weighted by molar-refractivity contribution is -0.116. The van der Waals surface area contributed by atoms with E-state index in [9.17, 15) is 4.79 Å². The number of carbonyl (C=O) groups excluding carboxylic acids is 1. The lowest BCUT2D eigenvalue weighted by Gasteiger charge is -2.06. The molecule has 1 heterocycles. The largest absolute Gasteiger partial charge is 0.381 e. The highest BCUT2D eigenvalue weighted by atomic mass is 16.5. The molecule has 0 spiro atoms. The third-order valence-corrected chi connectivity index (χ3v) is 3.76. The number of benzene rings is 1. The van der Waals surface area contributed by atoms with Crippen LogP contribution in [0, 0.1) is 5.92 Å². The molecule has 0 aromatic heterocycles. The third kappa shape index (κ3) is 6.72. The first-order valence-electron chi connectivity index (χ1n) is 8.07. The lowest BCUT2D eigenvalue weighted by Crippen LogP contribution is -2.27. The van der Waals surface area contributed by atoms with Crippen LogP contribution in [-0.2, 0) is 16.0 Å². The molecule has 3 heteroatoms. The Kier molecular flexibility index (Phi) is 7.47. The minimum atomic E-state index is -0.0270. The van der Waals surface area contributed by atoms with E-state index in [2.05, 4.69) is 35.7 Å². The molecular weight excluding hydrogens is 274 g/mol. The molecule has 0 bridgehead atoms. The van der Waals surface area contributed by atoms with Crippen molar-refractivity contribution in [3.8, 4) is 0 Å². The molecule has 1 N–H and O–H groups in total. The molecule has 0 aliphatic carbocycles. The van der Waals surface area contributed by atoms with Gasteiger partial charge in [-0.05, 0) is 31.2 Å². The van der Waals surface area contributed by atoms with Gasteiger partial charge in [-0.25, -0.2) is 0 Å². The number of allylic oxidation sites excluding steroid dienone is 3. The van der Waals surface area contributed by atoms with Crippen LogP contribution < -0.4 is 5.32 Å². The van der Waals surface area contributed by atoms with Gasteiger partial charge in [-0.2, -0.15) is 0 Å². The van der Waals surface area contributed by atoms with E-state index in [-0.39, 0.29) is 5.91 Å². The van der Waals surface area contributed by atoms with E-state index < -0.39 is 0 Å². The van der Waals surface area contributed by atoms with Gasteiger partial charge in [0.1, 0.15) is 0 Å². The van der Waals surface area contributed by atoms with Gasteiger partial charge < -0.3 is 10.1 Å². The SMILES string of the molecule is O=C(/C=C/C=CCCCc1ccccc1)NCC1CCOC1. The predicted octanol–water partition coefficient (Wildman–Crippen LogP) is 3.27. The summed E-state index contributed by atoms with van der Waals surface area (Å²) in [4.78, 5) is 11.6. The van der Waals surface area contributed by atoms with Crippen molar-refractivity contribution in [1.29, 1.82) is 0 Å². The van der Waals surface area contributed by atoms with Crippen LogP contribution in [0.1, 0.15) is 24.8 Å². The first-order valence-corrected chi connectivity index (χ1v) is 8.07. The van der Waals surface area contributed by atoms with Crippen LogP contribution in [0.25, 0.3) is 0 Å². The third-order valence-electron chi connectivity index (χ3n) is 3.76. The van der Waals surface area contributed by atoms with E-state index in [0.717, 1.165) is 38.9 Å². The molecule has 2 rings (SSSR count). The highest BCUT2D eigenvalue weighted by Gasteiger charge is 2.15. The highest BCUT2D eigenvalue weighted by molar-refractivity contribution is 5.87. The fraction of sp³-hybridized carbons (Fsp3) is 0.421. The summed E-state index contributed by atoms with van der Waals surface area (Å²) in [5, 5.41) is 2.91. The Balaban J connectivity index is 1.53. The number of ether oxygens (including phenoxy) is 1. The molecule has 0 radical (unpaired) electrons. The zero-order valence-corrected chi connectivity index (χ0v) is 13.0. The van der Waals surface area contributed by atoms with Gasteiger partial charge in [0, 0.05) is 25.1 Å². The van der Waals surface area contributed by atoms with Crippen molar-refractivity contribution in [2.75, 3.05) is 19.8 Å². The van der Waals surface area contributed by atoms with Crippen molar-refractivity contribution in [2.45, 2.75) is 25.7 Å². The average Bonchev–Trinajstić information content (AvgIpc) is 3.06. The Morgan fingerprint density at radius 2 is 2.14 bits per heavy atom. The minimum Gasteiger partial charge on any atom is -0.381 e. The summed E-state index contributed by atoms with van der Waals surface area (Å²) in [5.41, 5.74) is 1.38. The van der Waals surface area contributed by atoms with Crippen LogP contribution >= 0.6 is 0 Å². The van der Waals surface area contributed by atoms with Crippen LogP contribution in [0.5, 0.6) is 0 Å². The van der Waals surface area contributed by atoms with Gasteiger partial charge in [0.05, 0.1) is 6.61 Å². The number of hydrogen-bond donors (Lipinski definition) is 1. The second-order valence-electron chi connectivity index (χ2n) is 5.64. The zero-order valence-electron chi connectivity index (χ0n) is 13.0. The molecule has 1 aliphatic heterocycles. The van der Waals surface area contributed by atoms with Crippen molar-refractivity contribution in [3.63, 3.8) is 0 Å². The van der Waals surface area contributed by atoms with Crippen LogP contribution in [0.4, 0.5) is 0 Å². The standard InChI is InChI=1S/C19H25NO2/c21-19(20-15-18-13-14-22-16-18)12-8-3-1-2-5-9-17-10-6-4-7-11-17/h1,3-4,6-8,10-12,18H,2,5,9,13-16H2,(H,20,21)/b3-1?,12-8+. The first-order chi connectivity index (χ1) is 10.8. The van der Waals surface area contributed by atoms with Crippen molar-refractivity contribution < 1.29 is 9.53 Å². The summed E-state index contributed by atoms with van der Waals surface area (Å²) in [6, 6.07) is 10.5. The quantitative estimate of drug-likeness (QED) is 0.454. The topological polar surface area (TPSA) is 38.3 Å². The Hall–Kier alpha value is -1.87. The monoisotopic (exact) mass is 299 g/mol. The summed E-state index contributed by atoms with van der Waals surface area (Å²) in [5.74, 6) is 0.451. The fourth-order valence-corrected chi connectivity index (χ4v) is 2.43. The number of hydrogen-bond acceptors (Lipinski definition) is 2. The Morgan fingerprint density at radius 3 is 2.91 bits per heavy atom. The van der Waals surface area contributed by atoms with Crippen LogP contribution in [0.2, 0.25) is 0 Å². The maximum Gasteiger partial charge on any atom is 0.243 e. The average molecular weight is 299 g/mol. The van der Waals surface area contributed by atoms with Crippen LogP contribution in [0.15, 0.2) is 54.6 Å². The summed E-state index contributed by atoms with van der Waals surface area (Å²) in [6.45, 7) is 2.30. The summed E-state index contributed by atoms with van der Waals surface area (Å²) in [7, 11) is 0. The van der Waals surface area contributed by atoms with Gasteiger partial charge >= 0.3 is 0 Å². The molecule has 118 valence electrons. The molecule has 1 aromatic rings. The normalized spacial score (nSPS) is 18.3. The Morgan fingerprint density at radius 1 is 1.27 bits per heavy atom. The molecule has 22 heavy (non-hydrogen) atoms. The number of unbranched alkanes of at least 4 members (excludes halogenated alkanes) is 1. The summed E-state index contributed by atoms with van der Waals surface area (Å²) >= 11 is 0. The van der Waals surface area contributed by atoms with Gasteiger partial charge in [-0.15, -0.1) is 0 Å². The van der Waals surface area contributed by atoms with E-state index >= 15 is 0 Å². The molecule has 1 saturated heterocycles. The predicted molar refractivity (Wildman–Crippen MR) is 89.6 cm³/mol. The number of carbonyl (C=O) groups is 1. The van der Waals surface area contributed by atoms with Gasteiger partial charge in [0.2, 0.25) is 5.91 Å². The van der Waals surface area contributed by atoms with Gasteiger partial charge in [-0.1, -0.05) is 48.6 Å². The number of aryl methyl sites for hydroxylation is 1. The number of rotatable bonds is 8. The second-order valence-corrected chi connectivity index (χ2v) is 5.64. The summed E-state index contributed by atoms with van der Waals surface area (Å²) < 4.78 is 5.28. The lowest BCUT2D eigenvalue weighted by atomic mass is 10.1. The van der Waals surface area contributed by atoms with Crippen LogP contribution in [-0.4, -0.2) is 25.7 Å². The van der Waals surface area contributed by atoms with Gasteiger partial charge in [0.15, 0.2) is 0 Å². The van der Waals surface area contributed by atoms with Crippen molar-refractivity contribution in [2.24, 2.45) is 5.92 Å². The molecule has 1 aliphatic rings. The second kappa shape index (κ2) is 9.96. The molecule has 0 saturated carbocycles. The van der Waals surface area contributed by atoms with E-state index in [1.165, 1.54) is 5.56 Å². The van der Waals surface area contributed by atoms with Crippen molar-refractivity contribution in [1.82, 2.24) is 5.32 Å². The zero-order chi connectivity index (χ0) is 15.5. The smallest absolute Gasteiger partial charge is 0.243 e.